The first-order chi connectivity index (χ1) is 10.3. The summed E-state index contributed by atoms with van der Waals surface area (Å²) in [5.41, 5.74) is 4.01. The van der Waals surface area contributed by atoms with Crippen molar-refractivity contribution < 1.29 is 4.39 Å². The summed E-state index contributed by atoms with van der Waals surface area (Å²) in [6, 6.07) is 17.0. The van der Waals surface area contributed by atoms with Crippen molar-refractivity contribution in [1.29, 1.82) is 0 Å². The standard InChI is InChI=1S/C18H17FN2/c1-20-12-14-6-8-16(19)10-15(14)11-17-9-7-13-4-2-3-5-18(13)21-17/h2-10,20H,11-12H2,1H3. The van der Waals surface area contributed by atoms with Gasteiger partial charge in [0.25, 0.3) is 0 Å². The van der Waals surface area contributed by atoms with E-state index in [1.165, 1.54) is 6.07 Å². The third-order valence-corrected chi connectivity index (χ3v) is 3.56. The van der Waals surface area contributed by atoms with Crippen LogP contribution in [0.5, 0.6) is 0 Å². The Labute approximate surface area is 123 Å². The second-order valence-corrected chi connectivity index (χ2v) is 5.12. The fraction of sp³-hybridized carbons (Fsp3) is 0.167. The number of halogens is 1. The number of rotatable bonds is 4. The van der Waals surface area contributed by atoms with Crippen molar-refractivity contribution in [2.24, 2.45) is 0 Å². The van der Waals surface area contributed by atoms with Crippen LogP contribution in [0.25, 0.3) is 10.9 Å². The summed E-state index contributed by atoms with van der Waals surface area (Å²) in [5, 5.41) is 4.24. The Kier molecular flexibility index (Phi) is 3.93. The molecule has 0 radical (unpaired) electrons. The van der Waals surface area contributed by atoms with Crippen LogP contribution in [0.1, 0.15) is 16.8 Å². The van der Waals surface area contributed by atoms with E-state index in [2.05, 4.69) is 16.4 Å². The van der Waals surface area contributed by atoms with Crippen LogP contribution >= 0.6 is 0 Å². The fourth-order valence-electron chi connectivity index (χ4n) is 2.52. The van der Waals surface area contributed by atoms with Gasteiger partial charge in [0, 0.05) is 24.0 Å². The maximum absolute atomic E-state index is 13.5. The predicted octanol–water partition coefficient (Wildman–Crippen LogP) is 3.68. The molecule has 2 aromatic carbocycles. The van der Waals surface area contributed by atoms with Gasteiger partial charge in [0.2, 0.25) is 0 Å². The molecular weight excluding hydrogens is 263 g/mol. The number of para-hydroxylation sites is 1. The van der Waals surface area contributed by atoms with Crippen molar-refractivity contribution in [2.75, 3.05) is 7.05 Å². The van der Waals surface area contributed by atoms with Gasteiger partial charge in [0.15, 0.2) is 0 Å². The summed E-state index contributed by atoms with van der Waals surface area (Å²) in [6.07, 6.45) is 0.638. The lowest BCUT2D eigenvalue weighted by Gasteiger charge is -2.10. The highest BCUT2D eigenvalue weighted by Crippen LogP contribution is 2.18. The number of pyridine rings is 1. The molecule has 0 fully saturated rings. The maximum Gasteiger partial charge on any atom is 0.123 e. The summed E-state index contributed by atoms with van der Waals surface area (Å²) in [7, 11) is 1.89. The molecular formula is C18H17FN2. The SMILES string of the molecule is CNCc1ccc(F)cc1Cc1ccc2ccccc2n1. The Hall–Kier alpha value is -2.26. The minimum Gasteiger partial charge on any atom is -0.316 e. The van der Waals surface area contributed by atoms with E-state index >= 15 is 0 Å². The van der Waals surface area contributed by atoms with Crippen LogP contribution in [0.2, 0.25) is 0 Å². The topological polar surface area (TPSA) is 24.9 Å². The lowest BCUT2D eigenvalue weighted by Crippen LogP contribution is -2.08. The molecule has 1 N–H and O–H groups in total. The van der Waals surface area contributed by atoms with Crippen LogP contribution in [0, 0.1) is 5.82 Å². The van der Waals surface area contributed by atoms with Crippen molar-refractivity contribution in [2.45, 2.75) is 13.0 Å². The Bertz CT molecular complexity index is 768. The zero-order chi connectivity index (χ0) is 14.7. The molecule has 0 spiro atoms. The van der Waals surface area contributed by atoms with Crippen molar-refractivity contribution in [3.8, 4) is 0 Å². The summed E-state index contributed by atoms with van der Waals surface area (Å²) in [5.74, 6) is -0.203. The minimum atomic E-state index is -0.203. The molecule has 3 heteroatoms. The van der Waals surface area contributed by atoms with E-state index in [4.69, 9.17) is 0 Å². The zero-order valence-electron chi connectivity index (χ0n) is 11.9. The average molecular weight is 280 g/mol. The molecule has 3 aromatic rings. The first-order valence-corrected chi connectivity index (χ1v) is 7.03. The molecule has 21 heavy (non-hydrogen) atoms. The average Bonchev–Trinajstić information content (AvgIpc) is 2.50. The largest absolute Gasteiger partial charge is 0.316 e. The molecule has 106 valence electrons. The van der Waals surface area contributed by atoms with E-state index in [-0.39, 0.29) is 5.82 Å². The van der Waals surface area contributed by atoms with Gasteiger partial charge in [-0.3, -0.25) is 4.98 Å². The van der Waals surface area contributed by atoms with Gasteiger partial charge >= 0.3 is 0 Å². The van der Waals surface area contributed by atoms with Gasteiger partial charge in [-0.1, -0.05) is 30.3 Å². The second kappa shape index (κ2) is 6.02. The molecule has 2 nitrogen and oxygen atoms in total. The van der Waals surface area contributed by atoms with Crippen molar-refractivity contribution >= 4 is 10.9 Å². The van der Waals surface area contributed by atoms with Crippen LogP contribution in [-0.4, -0.2) is 12.0 Å². The Morgan fingerprint density at radius 3 is 2.71 bits per heavy atom. The Balaban J connectivity index is 1.95. The van der Waals surface area contributed by atoms with E-state index in [0.717, 1.165) is 34.3 Å². The second-order valence-electron chi connectivity index (χ2n) is 5.12. The lowest BCUT2D eigenvalue weighted by molar-refractivity contribution is 0.624. The molecule has 1 heterocycles. The molecule has 0 bridgehead atoms. The van der Waals surface area contributed by atoms with E-state index in [9.17, 15) is 4.39 Å². The Morgan fingerprint density at radius 2 is 1.86 bits per heavy atom. The Morgan fingerprint density at radius 1 is 1.00 bits per heavy atom. The predicted molar refractivity (Wildman–Crippen MR) is 83.7 cm³/mol. The van der Waals surface area contributed by atoms with Crippen molar-refractivity contribution in [1.82, 2.24) is 10.3 Å². The minimum absolute atomic E-state index is 0.203. The van der Waals surface area contributed by atoms with Crippen molar-refractivity contribution in [3.63, 3.8) is 0 Å². The van der Waals surface area contributed by atoms with Gasteiger partial charge in [-0.25, -0.2) is 4.39 Å². The highest BCUT2D eigenvalue weighted by molar-refractivity contribution is 5.78. The van der Waals surface area contributed by atoms with Gasteiger partial charge in [-0.05, 0) is 42.4 Å². The quantitative estimate of drug-likeness (QED) is 0.788. The number of nitrogens with zero attached hydrogens (tertiary/aromatic N) is 1. The van der Waals surface area contributed by atoms with Crippen LogP contribution in [0.15, 0.2) is 54.6 Å². The molecule has 0 saturated carbocycles. The van der Waals surface area contributed by atoms with Gasteiger partial charge in [0.05, 0.1) is 5.52 Å². The molecule has 0 atom stereocenters. The fourth-order valence-corrected chi connectivity index (χ4v) is 2.52. The van der Waals surface area contributed by atoms with E-state index in [0.29, 0.717) is 6.42 Å². The zero-order valence-corrected chi connectivity index (χ0v) is 11.9. The molecule has 3 rings (SSSR count). The van der Waals surface area contributed by atoms with Gasteiger partial charge in [-0.2, -0.15) is 0 Å². The normalized spacial score (nSPS) is 11.0. The molecule has 0 aliphatic heterocycles. The maximum atomic E-state index is 13.5. The third-order valence-electron chi connectivity index (χ3n) is 3.56. The summed E-state index contributed by atoms with van der Waals surface area (Å²) in [6.45, 7) is 0.725. The first-order valence-electron chi connectivity index (χ1n) is 7.03. The molecule has 0 saturated heterocycles. The number of hydrogen-bond donors (Lipinski definition) is 1. The monoisotopic (exact) mass is 280 g/mol. The summed E-state index contributed by atoms with van der Waals surface area (Å²) < 4.78 is 13.5. The molecule has 0 aliphatic rings. The molecule has 0 aliphatic carbocycles. The van der Waals surface area contributed by atoms with Gasteiger partial charge in [-0.15, -0.1) is 0 Å². The highest BCUT2D eigenvalue weighted by atomic mass is 19.1. The molecule has 0 amide bonds. The van der Waals surface area contributed by atoms with Crippen molar-refractivity contribution in [3.05, 3.63) is 77.2 Å². The summed E-state index contributed by atoms with van der Waals surface area (Å²) >= 11 is 0. The third kappa shape index (κ3) is 3.09. The molecule has 1 aromatic heterocycles. The van der Waals surface area contributed by atoms with Crippen LogP contribution in [0.3, 0.4) is 0 Å². The number of aromatic nitrogens is 1. The van der Waals surface area contributed by atoms with Gasteiger partial charge in [0.1, 0.15) is 5.82 Å². The van der Waals surface area contributed by atoms with E-state index in [1.807, 2.05) is 43.4 Å². The van der Waals surface area contributed by atoms with Crippen LogP contribution in [0.4, 0.5) is 4.39 Å². The van der Waals surface area contributed by atoms with Crippen LogP contribution in [-0.2, 0) is 13.0 Å². The van der Waals surface area contributed by atoms with E-state index < -0.39 is 0 Å². The highest BCUT2D eigenvalue weighted by Gasteiger charge is 2.06. The van der Waals surface area contributed by atoms with Gasteiger partial charge < -0.3 is 5.32 Å². The number of nitrogens with one attached hydrogen (secondary N) is 1. The van der Waals surface area contributed by atoms with Crippen LogP contribution < -0.4 is 5.32 Å². The number of fused-ring (bicyclic) bond motifs is 1. The van der Waals surface area contributed by atoms with E-state index in [1.54, 1.807) is 6.07 Å². The lowest BCUT2D eigenvalue weighted by atomic mass is 10.0. The summed E-state index contributed by atoms with van der Waals surface area (Å²) in [4.78, 5) is 4.66. The first kappa shape index (κ1) is 13.7. The number of benzene rings is 2. The smallest absolute Gasteiger partial charge is 0.123 e. The number of hydrogen-bond acceptors (Lipinski definition) is 2. The molecule has 0 unspecified atom stereocenters.